The predicted octanol–water partition coefficient (Wildman–Crippen LogP) is 6.03. The molecule has 1 fully saturated rings. The third-order valence-electron chi connectivity index (χ3n) is 8.05. The Kier molecular flexibility index (Phi) is 9.87. The highest BCUT2D eigenvalue weighted by molar-refractivity contribution is 5.92. The first-order valence-corrected chi connectivity index (χ1v) is 14.8. The molecule has 7 nitrogen and oxygen atoms in total. The van der Waals surface area contributed by atoms with Crippen LogP contribution in [0.3, 0.4) is 0 Å². The van der Waals surface area contributed by atoms with Crippen LogP contribution in [0.15, 0.2) is 97.1 Å². The van der Waals surface area contributed by atoms with E-state index in [1.54, 1.807) is 84.9 Å². The second-order valence-corrected chi connectivity index (χ2v) is 11.5. The largest absolute Gasteiger partial charge is 0.450 e. The second kappa shape index (κ2) is 14.0. The van der Waals surface area contributed by atoms with Crippen LogP contribution < -0.4 is 4.74 Å². The van der Waals surface area contributed by atoms with Gasteiger partial charge in [-0.1, -0.05) is 48.5 Å². The van der Waals surface area contributed by atoms with E-state index in [-0.39, 0.29) is 30.6 Å². The van der Waals surface area contributed by atoms with Crippen molar-refractivity contribution in [2.45, 2.75) is 18.4 Å². The molecule has 2 atom stereocenters. The second-order valence-electron chi connectivity index (χ2n) is 11.5. The van der Waals surface area contributed by atoms with Gasteiger partial charge in [-0.2, -0.15) is 0 Å². The number of esters is 2. The number of carbonyl (C=O) groups is 3. The van der Waals surface area contributed by atoms with Crippen molar-refractivity contribution in [3.05, 3.63) is 137 Å². The van der Waals surface area contributed by atoms with Gasteiger partial charge in [0.1, 0.15) is 17.2 Å². The first-order valence-electron chi connectivity index (χ1n) is 14.8. The van der Waals surface area contributed by atoms with E-state index in [4.69, 9.17) is 9.47 Å². The molecule has 0 N–H and O–H groups in total. The van der Waals surface area contributed by atoms with E-state index in [0.717, 1.165) is 0 Å². The molecular weight excluding hydrogens is 597 g/mol. The number of piperidine rings is 1. The summed E-state index contributed by atoms with van der Waals surface area (Å²) < 4.78 is 53.7. The lowest BCUT2D eigenvalue weighted by molar-refractivity contribution is -0.142. The summed E-state index contributed by atoms with van der Waals surface area (Å²) in [6.45, 7) is 0.571. The third kappa shape index (κ3) is 7.29. The summed E-state index contributed by atoms with van der Waals surface area (Å²) in [4.78, 5) is 43.6. The van der Waals surface area contributed by atoms with Gasteiger partial charge in [-0.05, 0) is 62.1 Å². The van der Waals surface area contributed by atoms with E-state index in [2.05, 4.69) is 0 Å². The van der Waals surface area contributed by atoms with E-state index in [0.29, 0.717) is 35.6 Å². The highest BCUT2D eigenvalue weighted by atomic mass is 19.2. The summed E-state index contributed by atoms with van der Waals surface area (Å²) in [6.07, 6.45) is -0.331. The fourth-order valence-corrected chi connectivity index (χ4v) is 5.79. The van der Waals surface area contributed by atoms with Gasteiger partial charge in [0, 0.05) is 43.6 Å². The summed E-state index contributed by atoms with van der Waals surface area (Å²) in [5.41, 5.74) is -0.427. The number of amides is 1. The molecule has 10 heteroatoms. The number of carbonyl (C=O) groups excluding carboxylic acids is 3. The van der Waals surface area contributed by atoms with Gasteiger partial charge in [0.15, 0.2) is 11.6 Å². The van der Waals surface area contributed by atoms with E-state index in [9.17, 15) is 27.6 Å². The molecule has 1 saturated heterocycles. The number of nitrogens with zero attached hydrogens (tertiary/aromatic N) is 2. The van der Waals surface area contributed by atoms with Gasteiger partial charge in [-0.3, -0.25) is 4.79 Å². The Labute approximate surface area is 265 Å². The summed E-state index contributed by atoms with van der Waals surface area (Å²) in [5.74, 6) is -5.39. The molecule has 1 aliphatic rings. The van der Waals surface area contributed by atoms with Crippen molar-refractivity contribution < 1.29 is 37.0 Å². The molecule has 0 spiro atoms. The number of para-hydroxylation sites is 1. The van der Waals surface area contributed by atoms with Crippen LogP contribution in [-0.2, 0) is 21.6 Å². The minimum Gasteiger partial charge on any atom is -0.450 e. The van der Waals surface area contributed by atoms with E-state index in [1.165, 1.54) is 4.90 Å². The first-order chi connectivity index (χ1) is 22.1. The highest BCUT2D eigenvalue weighted by Crippen LogP contribution is 2.43. The Balaban J connectivity index is 1.50. The van der Waals surface area contributed by atoms with E-state index < -0.39 is 53.2 Å². The van der Waals surface area contributed by atoms with Gasteiger partial charge in [0.2, 0.25) is 5.91 Å². The standard InChI is InChI=1S/C36H33F3N2O5/c1-40(2)22-28-23-41(33(42)20-26-19-31(38)32(39)21-30(26)37)17-16-36(28,46-35(44)24-10-5-3-6-11-24)27-13-9-12-25(18-27)34(43)45-29-14-7-4-8-15-29/h3-15,18-19,21,28H,16-17,20,22-23H2,1-2H3/t28-,36-/m1/s1. The zero-order valence-electron chi connectivity index (χ0n) is 25.4. The molecule has 5 rings (SSSR count). The molecule has 1 amide bonds. The molecule has 0 aliphatic carbocycles. The van der Waals surface area contributed by atoms with E-state index in [1.807, 2.05) is 19.0 Å². The summed E-state index contributed by atoms with van der Waals surface area (Å²) in [5, 5.41) is 0. The van der Waals surface area contributed by atoms with Crippen molar-refractivity contribution in [2.75, 3.05) is 33.7 Å². The quantitative estimate of drug-likeness (QED) is 0.128. The molecule has 0 saturated carbocycles. The number of rotatable bonds is 9. The molecule has 0 bridgehead atoms. The Morgan fingerprint density at radius 3 is 2.15 bits per heavy atom. The molecular formula is C36H33F3N2O5. The van der Waals surface area contributed by atoms with Gasteiger partial charge in [-0.25, -0.2) is 22.8 Å². The molecule has 1 heterocycles. The zero-order chi connectivity index (χ0) is 32.8. The number of likely N-dealkylation sites (tertiary alicyclic amines) is 1. The van der Waals surface area contributed by atoms with Crippen LogP contribution in [0.5, 0.6) is 5.75 Å². The minimum atomic E-state index is -1.34. The first kappa shape index (κ1) is 32.4. The number of ether oxygens (including phenoxy) is 2. The molecule has 0 radical (unpaired) electrons. The van der Waals surface area contributed by atoms with Crippen molar-refractivity contribution in [1.82, 2.24) is 9.80 Å². The van der Waals surface area contributed by atoms with Crippen molar-refractivity contribution in [3.63, 3.8) is 0 Å². The number of benzene rings is 4. The Hall–Kier alpha value is -4.96. The SMILES string of the molecule is CN(C)C[C@@H]1CN(C(=O)Cc2cc(F)c(F)cc2F)CC[C@@]1(OC(=O)c1ccccc1)c1cccc(C(=O)Oc2ccccc2)c1. The highest BCUT2D eigenvalue weighted by Gasteiger charge is 2.49. The monoisotopic (exact) mass is 630 g/mol. The normalized spacial score (nSPS) is 17.9. The molecule has 4 aromatic carbocycles. The molecule has 0 unspecified atom stereocenters. The molecule has 1 aliphatic heterocycles. The maximum Gasteiger partial charge on any atom is 0.343 e. The number of hydrogen-bond donors (Lipinski definition) is 0. The molecule has 46 heavy (non-hydrogen) atoms. The summed E-state index contributed by atoms with van der Waals surface area (Å²) in [7, 11) is 3.68. The summed E-state index contributed by atoms with van der Waals surface area (Å²) in [6, 6.07) is 25.0. The lowest BCUT2D eigenvalue weighted by Crippen LogP contribution is -2.56. The maximum atomic E-state index is 14.4. The molecule has 4 aromatic rings. The van der Waals surface area contributed by atoms with Gasteiger partial charge < -0.3 is 19.3 Å². The lowest BCUT2D eigenvalue weighted by Gasteiger charge is -2.48. The van der Waals surface area contributed by atoms with Gasteiger partial charge in [0.05, 0.1) is 17.5 Å². The van der Waals surface area contributed by atoms with Gasteiger partial charge >= 0.3 is 11.9 Å². The number of hydrogen-bond acceptors (Lipinski definition) is 6. The summed E-state index contributed by atoms with van der Waals surface area (Å²) >= 11 is 0. The Morgan fingerprint density at radius 1 is 0.804 bits per heavy atom. The lowest BCUT2D eigenvalue weighted by atomic mass is 9.74. The molecule has 0 aromatic heterocycles. The smallest absolute Gasteiger partial charge is 0.343 e. The van der Waals surface area contributed by atoms with Crippen molar-refractivity contribution in [3.8, 4) is 5.75 Å². The van der Waals surface area contributed by atoms with Crippen LogP contribution in [0, 0.1) is 23.4 Å². The predicted molar refractivity (Wildman–Crippen MR) is 165 cm³/mol. The zero-order valence-corrected chi connectivity index (χ0v) is 25.4. The van der Waals surface area contributed by atoms with Crippen molar-refractivity contribution in [1.29, 1.82) is 0 Å². The Morgan fingerprint density at radius 2 is 1.46 bits per heavy atom. The van der Waals surface area contributed by atoms with Gasteiger partial charge in [0.25, 0.3) is 0 Å². The fourth-order valence-electron chi connectivity index (χ4n) is 5.79. The molecule has 238 valence electrons. The Bertz CT molecular complexity index is 1720. The maximum absolute atomic E-state index is 14.4. The fraction of sp³-hybridized carbons (Fsp3) is 0.250. The average Bonchev–Trinajstić information content (AvgIpc) is 3.05. The van der Waals surface area contributed by atoms with Crippen LogP contribution in [0.1, 0.15) is 38.3 Å². The van der Waals surface area contributed by atoms with Crippen LogP contribution in [-0.4, -0.2) is 61.4 Å². The van der Waals surface area contributed by atoms with E-state index >= 15 is 0 Å². The average molecular weight is 631 g/mol. The van der Waals surface area contributed by atoms with Crippen molar-refractivity contribution >= 4 is 17.8 Å². The van der Waals surface area contributed by atoms with Crippen LogP contribution in [0.4, 0.5) is 13.2 Å². The third-order valence-corrected chi connectivity index (χ3v) is 8.05. The van der Waals surface area contributed by atoms with Crippen molar-refractivity contribution in [2.24, 2.45) is 5.92 Å². The topological polar surface area (TPSA) is 76.2 Å². The minimum absolute atomic E-state index is 0.100. The van der Waals surface area contributed by atoms with Gasteiger partial charge in [-0.15, -0.1) is 0 Å². The van der Waals surface area contributed by atoms with Crippen LogP contribution in [0.2, 0.25) is 0 Å². The van der Waals surface area contributed by atoms with Crippen LogP contribution in [0.25, 0.3) is 0 Å². The number of halogens is 3. The van der Waals surface area contributed by atoms with Crippen LogP contribution >= 0.6 is 0 Å².